The van der Waals surface area contributed by atoms with Crippen molar-refractivity contribution in [1.82, 2.24) is 20.9 Å². The Labute approximate surface area is 106 Å². The zero-order chi connectivity index (χ0) is 13.4. The molecular formula is C10H20N6O2. The molecule has 0 saturated carbocycles. The number of aryl methyl sites for hydroxylation is 1. The lowest BCUT2D eigenvalue weighted by atomic mass is 10.4. The zero-order valence-electron chi connectivity index (χ0n) is 10.9. The Hall–Kier alpha value is -1.67. The van der Waals surface area contributed by atoms with Crippen molar-refractivity contribution < 1.29 is 9.26 Å². The van der Waals surface area contributed by atoms with E-state index in [1.807, 2.05) is 6.92 Å². The summed E-state index contributed by atoms with van der Waals surface area (Å²) in [5, 5.41) is 6.78. The van der Waals surface area contributed by atoms with Crippen molar-refractivity contribution in [3.63, 3.8) is 0 Å². The molecule has 0 amide bonds. The van der Waals surface area contributed by atoms with Gasteiger partial charge in [0.15, 0.2) is 5.82 Å². The maximum Gasteiger partial charge on any atom is 0.228 e. The number of guanidine groups is 1. The molecule has 8 heteroatoms. The first kappa shape index (κ1) is 14.4. The molecule has 0 fully saturated rings. The van der Waals surface area contributed by atoms with Crippen LogP contribution in [-0.4, -0.2) is 42.4 Å². The van der Waals surface area contributed by atoms with Gasteiger partial charge in [-0.3, -0.25) is 10.4 Å². The number of ether oxygens (including phenoxy) is 1. The number of hydrogen-bond donors (Lipinski definition) is 3. The number of nitrogens with one attached hydrogen (secondary N) is 2. The topological polar surface area (TPSA) is 111 Å². The molecule has 8 nitrogen and oxygen atoms in total. The summed E-state index contributed by atoms with van der Waals surface area (Å²) in [6.45, 7) is 4.83. The second kappa shape index (κ2) is 7.62. The molecule has 0 spiro atoms. The molecule has 102 valence electrons. The first-order valence-corrected chi connectivity index (χ1v) is 5.71. The smallest absolute Gasteiger partial charge is 0.228 e. The molecule has 1 unspecified atom stereocenters. The van der Waals surface area contributed by atoms with Crippen molar-refractivity contribution >= 4 is 5.96 Å². The lowest BCUT2D eigenvalue weighted by Crippen LogP contribution is -2.47. The molecular weight excluding hydrogens is 236 g/mol. The predicted molar refractivity (Wildman–Crippen MR) is 66.8 cm³/mol. The maximum atomic E-state index is 5.37. The van der Waals surface area contributed by atoms with Gasteiger partial charge in [0.25, 0.3) is 0 Å². The number of nitrogens with two attached hydrogens (primary N) is 1. The van der Waals surface area contributed by atoms with Crippen molar-refractivity contribution in [2.24, 2.45) is 10.8 Å². The van der Waals surface area contributed by atoms with Gasteiger partial charge >= 0.3 is 0 Å². The molecule has 4 N–H and O–H groups in total. The third-order valence-corrected chi connectivity index (χ3v) is 2.10. The molecule has 1 aromatic rings. The molecule has 0 aliphatic carbocycles. The highest BCUT2D eigenvalue weighted by Crippen LogP contribution is 1.96. The molecule has 1 rings (SSSR count). The second-order valence-electron chi connectivity index (χ2n) is 3.86. The van der Waals surface area contributed by atoms with Crippen LogP contribution in [0, 0.1) is 6.92 Å². The molecule has 0 aliphatic rings. The summed E-state index contributed by atoms with van der Waals surface area (Å²) in [7, 11) is 1.64. The van der Waals surface area contributed by atoms with Crippen LogP contribution in [0.25, 0.3) is 0 Å². The molecule has 1 aromatic heterocycles. The van der Waals surface area contributed by atoms with E-state index < -0.39 is 0 Å². The van der Waals surface area contributed by atoms with Gasteiger partial charge in [0.1, 0.15) is 0 Å². The molecule has 0 bridgehead atoms. The van der Waals surface area contributed by atoms with Crippen molar-refractivity contribution in [2.45, 2.75) is 26.3 Å². The lowest BCUT2D eigenvalue weighted by molar-refractivity contribution is 0.179. The Kier molecular flexibility index (Phi) is 6.09. The predicted octanol–water partition coefficient (Wildman–Crippen LogP) is -0.636. The minimum atomic E-state index is 0.121. The van der Waals surface area contributed by atoms with Crippen molar-refractivity contribution in [1.29, 1.82) is 0 Å². The van der Waals surface area contributed by atoms with E-state index in [9.17, 15) is 0 Å². The Bertz CT molecular complexity index is 378. The van der Waals surface area contributed by atoms with Crippen LogP contribution < -0.4 is 16.6 Å². The van der Waals surface area contributed by atoms with Gasteiger partial charge in [-0.2, -0.15) is 4.98 Å². The summed E-state index contributed by atoms with van der Waals surface area (Å²) in [6, 6.07) is 0.121. The SMILES string of the molecule is COCC(C)NC(=NCCc1nc(C)no1)NN. The summed E-state index contributed by atoms with van der Waals surface area (Å²) < 4.78 is 9.98. The van der Waals surface area contributed by atoms with Crippen LogP contribution in [-0.2, 0) is 11.2 Å². The number of aromatic nitrogens is 2. The second-order valence-corrected chi connectivity index (χ2v) is 3.86. The van der Waals surface area contributed by atoms with Crippen LogP contribution in [0.5, 0.6) is 0 Å². The summed E-state index contributed by atoms with van der Waals surface area (Å²) in [4.78, 5) is 8.34. The van der Waals surface area contributed by atoms with Crippen LogP contribution in [0.4, 0.5) is 0 Å². The van der Waals surface area contributed by atoms with Crippen molar-refractivity contribution in [3.8, 4) is 0 Å². The van der Waals surface area contributed by atoms with Gasteiger partial charge in [0, 0.05) is 19.6 Å². The van der Waals surface area contributed by atoms with Crippen molar-refractivity contribution in [3.05, 3.63) is 11.7 Å². The van der Waals surface area contributed by atoms with E-state index in [0.717, 1.165) is 0 Å². The molecule has 0 aliphatic heterocycles. The maximum absolute atomic E-state index is 5.37. The number of rotatable bonds is 6. The van der Waals surface area contributed by atoms with E-state index in [4.69, 9.17) is 15.1 Å². The van der Waals surface area contributed by atoms with Crippen LogP contribution in [0.1, 0.15) is 18.6 Å². The van der Waals surface area contributed by atoms with E-state index in [2.05, 4.69) is 25.9 Å². The van der Waals surface area contributed by atoms with Gasteiger partial charge in [-0.1, -0.05) is 5.16 Å². The number of hydrazine groups is 1. The summed E-state index contributed by atoms with van der Waals surface area (Å²) in [6.07, 6.45) is 0.576. The molecule has 0 radical (unpaired) electrons. The largest absolute Gasteiger partial charge is 0.383 e. The van der Waals surface area contributed by atoms with Crippen LogP contribution in [0.15, 0.2) is 9.52 Å². The summed E-state index contributed by atoms with van der Waals surface area (Å²) >= 11 is 0. The normalized spacial score (nSPS) is 13.4. The Balaban J connectivity index is 2.37. The highest BCUT2D eigenvalue weighted by Gasteiger charge is 2.05. The van der Waals surface area contributed by atoms with E-state index in [0.29, 0.717) is 37.2 Å². The van der Waals surface area contributed by atoms with Crippen molar-refractivity contribution in [2.75, 3.05) is 20.3 Å². The van der Waals surface area contributed by atoms with E-state index >= 15 is 0 Å². The monoisotopic (exact) mass is 256 g/mol. The molecule has 1 heterocycles. The summed E-state index contributed by atoms with van der Waals surface area (Å²) in [5.41, 5.74) is 2.50. The zero-order valence-corrected chi connectivity index (χ0v) is 10.9. The highest BCUT2D eigenvalue weighted by molar-refractivity contribution is 5.79. The lowest BCUT2D eigenvalue weighted by Gasteiger charge is -2.15. The van der Waals surface area contributed by atoms with Crippen LogP contribution >= 0.6 is 0 Å². The van der Waals surface area contributed by atoms with Crippen LogP contribution in [0.2, 0.25) is 0 Å². The first-order chi connectivity index (χ1) is 8.65. The standard InChI is InChI=1S/C10H20N6O2/c1-7(6-17-3)13-10(15-11)12-5-4-9-14-8(2)16-18-9/h7H,4-6,11H2,1-3H3,(H2,12,13,15). The Morgan fingerprint density at radius 2 is 2.39 bits per heavy atom. The number of nitrogens with zero attached hydrogens (tertiary/aromatic N) is 3. The molecule has 0 saturated heterocycles. The van der Waals surface area contributed by atoms with Gasteiger partial charge in [-0.05, 0) is 13.8 Å². The third-order valence-electron chi connectivity index (χ3n) is 2.10. The fourth-order valence-electron chi connectivity index (χ4n) is 1.36. The highest BCUT2D eigenvalue weighted by atomic mass is 16.5. The van der Waals surface area contributed by atoms with Gasteiger partial charge in [-0.15, -0.1) is 0 Å². The first-order valence-electron chi connectivity index (χ1n) is 5.71. The number of aliphatic imine (C=N–C) groups is 1. The minimum Gasteiger partial charge on any atom is -0.383 e. The quantitative estimate of drug-likeness (QED) is 0.269. The summed E-state index contributed by atoms with van der Waals surface area (Å²) in [5.74, 6) is 7.07. The van der Waals surface area contributed by atoms with Crippen LogP contribution in [0.3, 0.4) is 0 Å². The van der Waals surface area contributed by atoms with E-state index in [1.54, 1.807) is 14.0 Å². The molecule has 18 heavy (non-hydrogen) atoms. The number of hydrogen-bond acceptors (Lipinski definition) is 6. The molecule has 1 atom stereocenters. The average Bonchev–Trinajstić information content (AvgIpc) is 2.74. The van der Waals surface area contributed by atoms with Gasteiger partial charge < -0.3 is 14.6 Å². The van der Waals surface area contributed by atoms with Gasteiger partial charge in [-0.25, -0.2) is 5.84 Å². The third kappa shape index (κ3) is 5.11. The van der Waals surface area contributed by atoms with E-state index in [1.165, 1.54) is 0 Å². The van der Waals surface area contributed by atoms with E-state index in [-0.39, 0.29) is 6.04 Å². The fraction of sp³-hybridized carbons (Fsp3) is 0.700. The molecule has 0 aromatic carbocycles. The van der Waals surface area contributed by atoms with Gasteiger partial charge in [0.05, 0.1) is 13.2 Å². The Morgan fingerprint density at radius 1 is 1.61 bits per heavy atom. The van der Waals surface area contributed by atoms with Gasteiger partial charge in [0.2, 0.25) is 11.9 Å². The average molecular weight is 256 g/mol. The Morgan fingerprint density at radius 3 is 2.94 bits per heavy atom. The number of methoxy groups -OCH3 is 1. The fourth-order valence-corrected chi connectivity index (χ4v) is 1.36. The minimum absolute atomic E-state index is 0.121.